The molecule has 1 aromatic rings. The SMILES string of the molecule is CCOC(=O)CNC(=O)c1csc(CN)n1.Cl. The van der Waals surface area contributed by atoms with Gasteiger partial charge in [0.2, 0.25) is 0 Å². The van der Waals surface area contributed by atoms with Gasteiger partial charge in [0, 0.05) is 11.9 Å². The van der Waals surface area contributed by atoms with Gasteiger partial charge in [0.15, 0.2) is 0 Å². The molecule has 0 aliphatic rings. The highest BCUT2D eigenvalue weighted by Crippen LogP contribution is 2.08. The summed E-state index contributed by atoms with van der Waals surface area (Å²) in [5.74, 6) is -0.867. The lowest BCUT2D eigenvalue weighted by Gasteiger charge is -2.02. The lowest BCUT2D eigenvalue weighted by molar-refractivity contribution is -0.141. The first-order valence-electron chi connectivity index (χ1n) is 4.75. The standard InChI is InChI=1S/C9H13N3O3S.ClH/c1-2-15-8(13)4-11-9(14)6-5-16-7(3-10)12-6;/h5H,2-4,10H2,1H3,(H,11,14);1H. The van der Waals surface area contributed by atoms with Crippen molar-refractivity contribution in [3.05, 3.63) is 16.1 Å². The normalized spacial score (nSPS) is 9.29. The average molecular weight is 280 g/mol. The van der Waals surface area contributed by atoms with Crippen molar-refractivity contribution < 1.29 is 14.3 Å². The fourth-order valence-electron chi connectivity index (χ4n) is 0.964. The van der Waals surface area contributed by atoms with Crippen molar-refractivity contribution in [3.63, 3.8) is 0 Å². The van der Waals surface area contributed by atoms with Crippen LogP contribution in [0.15, 0.2) is 5.38 Å². The predicted molar refractivity (Wildman–Crippen MR) is 66.2 cm³/mol. The number of rotatable bonds is 5. The summed E-state index contributed by atoms with van der Waals surface area (Å²) in [6.45, 7) is 2.15. The topological polar surface area (TPSA) is 94.3 Å². The van der Waals surface area contributed by atoms with Gasteiger partial charge in [-0.2, -0.15) is 0 Å². The van der Waals surface area contributed by atoms with Crippen molar-refractivity contribution in [3.8, 4) is 0 Å². The van der Waals surface area contributed by atoms with Gasteiger partial charge in [0.1, 0.15) is 17.2 Å². The minimum atomic E-state index is -0.467. The number of nitrogens with two attached hydrogens (primary N) is 1. The van der Waals surface area contributed by atoms with E-state index in [2.05, 4.69) is 15.0 Å². The molecule has 0 aliphatic heterocycles. The van der Waals surface area contributed by atoms with Crippen LogP contribution in [0.4, 0.5) is 0 Å². The molecule has 0 fully saturated rings. The molecule has 0 aliphatic carbocycles. The van der Waals surface area contributed by atoms with Crippen molar-refractivity contribution >= 4 is 35.6 Å². The minimum Gasteiger partial charge on any atom is -0.465 e. The van der Waals surface area contributed by atoms with Crippen LogP contribution in [0, 0.1) is 0 Å². The van der Waals surface area contributed by atoms with Gasteiger partial charge in [-0.3, -0.25) is 9.59 Å². The van der Waals surface area contributed by atoms with Crippen LogP contribution < -0.4 is 11.1 Å². The van der Waals surface area contributed by atoms with E-state index in [9.17, 15) is 9.59 Å². The molecule has 17 heavy (non-hydrogen) atoms. The number of thiazole rings is 1. The number of halogens is 1. The minimum absolute atomic E-state index is 0. The Balaban J connectivity index is 0.00000256. The van der Waals surface area contributed by atoms with Gasteiger partial charge in [-0.25, -0.2) is 4.98 Å². The summed E-state index contributed by atoms with van der Waals surface area (Å²) in [7, 11) is 0. The molecule has 0 saturated carbocycles. The number of hydrogen-bond donors (Lipinski definition) is 2. The predicted octanol–water partition coefficient (Wildman–Crippen LogP) is 0.317. The van der Waals surface area contributed by atoms with E-state index in [4.69, 9.17) is 5.73 Å². The Kier molecular flexibility index (Phi) is 7.44. The highest BCUT2D eigenvalue weighted by Gasteiger charge is 2.11. The second kappa shape index (κ2) is 7.99. The molecule has 0 atom stereocenters. The van der Waals surface area contributed by atoms with Gasteiger partial charge in [0.25, 0.3) is 5.91 Å². The number of carbonyl (C=O) groups excluding carboxylic acids is 2. The number of carbonyl (C=O) groups is 2. The van der Waals surface area contributed by atoms with Gasteiger partial charge in [0.05, 0.1) is 6.61 Å². The maximum Gasteiger partial charge on any atom is 0.325 e. The van der Waals surface area contributed by atoms with Crippen molar-refractivity contribution in [1.82, 2.24) is 10.3 Å². The van der Waals surface area contributed by atoms with E-state index in [0.717, 1.165) is 0 Å². The zero-order valence-corrected chi connectivity index (χ0v) is 10.9. The van der Waals surface area contributed by atoms with Gasteiger partial charge in [-0.1, -0.05) is 0 Å². The zero-order valence-electron chi connectivity index (χ0n) is 9.26. The molecule has 96 valence electrons. The Labute approximate surface area is 109 Å². The Morgan fingerprint density at radius 3 is 2.82 bits per heavy atom. The largest absolute Gasteiger partial charge is 0.465 e. The molecular weight excluding hydrogens is 266 g/mol. The summed E-state index contributed by atoms with van der Waals surface area (Å²) >= 11 is 1.31. The second-order valence-corrected chi connectivity index (χ2v) is 3.76. The number of nitrogens with zero attached hydrogens (tertiary/aromatic N) is 1. The molecule has 1 heterocycles. The van der Waals surface area contributed by atoms with Crippen molar-refractivity contribution in [2.45, 2.75) is 13.5 Å². The lowest BCUT2D eigenvalue weighted by atomic mass is 10.4. The number of ether oxygens (including phenoxy) is 1. The summed E-state index contributed by atoms with van der Waals surface area (Å²) in [4.78, 5) is 26.4. The summed E-state index contributed by atoms with van der Waals surface area (Å²) in [6, 6.07) is 0. The smallest absolute Gasteiger partial charge is 0.325 e. The molecule has 0 saturated heterocycles. The van der Waals surface area contributed by atoms with Gasteiger partial charge in [-0.15, -0.1) is 23.7 Å². The molecule has 1 aromatic heterocycles. The quantitative estimate of drug-likeness (QED) is 0.757. The van der Waals surface area contributed by atoms with E-state index in [1.54, 1.807) is 12.3 Å². The number of hydrogen-bond acceptors (Lipinski definition) is 6. The van der Waals surface area contributed by atoms with Crippen molar-refractivity contribution in [1.29, 1.82) is 0 Å². The fraction of sp³-hybridized carbons (Fsp3) is 0.444. The van der Waals surface area contributed by atoms with E-state index in [-0.39, 0.29) is 24.6 Å². The summed E-state index contributed by atoms with van der Waals surface area (Å²) in [5, 5.41) is 4.69. The Bertz CT molecular complexity index is 383. The Morgan fingerprint density at radius 1 is 1.59 bits per heavy atom. The van der Waals surface area contributed by atoms with Crippen LogP contribution in [0.1, 0.15) is 22.4 Å². The number of amides is 1. The van der Waals surface area contributed by atoms with E-state index in [1.807, 2.05) is 0 Å². The summed E-state index contributed by atoms with van der Waals surface area (Å²) in [6.07, 6.45) is 0. The molecule has 0 radical (unpaired) electrons. The van der Waals surface area contributed by atoms with E-state index in [1.165, 1.54) is 11.3 Å². The van der Waals surface area contributed by atoms with Crippen LogP contribution >= 0.6 is 23.7 Å². The molecule has 6 nitrogen and oxygen atoms in total. The Morgan fingerprint density at radius 2 is 2.29 bits per heavy atom. The third-order valence-corrected chi connectivity index (χ3v) is 2.53. The third kappa shape index (κ3) is 5.12. The van der Waals surface area contributed by atoms with E-state index < -0.39 is 11.9 Å². The summed E-state index contributed by atoms with van der Waals surface area (Å²) < 4.78 is 4.66. The average Bonchev–Trinajstić information content (AvgIpc) is 2.75. The zero-order chi connectivity index (χ0) is 12.0. The maximum atomic E-state index is 11.5. The van der Waals surface area contributed by atoms with Crippen molar-refractivity contribution in [2.24, 2.45) is 5.73 Å². The Hall–Kier alpha value is -1.18. The lowest BCUT2D eigenvalue weighted by Crippen LogP contribution is -2.30. The summed E-state index contributed by atoms with van der Waals surface area (Å²) in [5.41, 5.74) is 5.64. The second-order valence-electron chi connectivity index (χ2n) is 2.82. The molecule has 0 aromatic carbocycles. The number of aromatic nitrogens is 1. The van der Waals surface area contributed by atoms with Crippen LogP contribution in [-0.2, 0) is 16.1 Å². The van der Waals surface area contributed by atoms with Gasteiger partial charge < -0.3 is 15.8 Å². The molecule has 1 amide bonds. The molecule has 1 rings (SSSR count). The van der Waals surface area contributed by atoms with E-state index in [0.29, 0.717) is 18.2 Å². The third-order valence-electron chi connectivity index (χ3n) is 1.66. The van der Waals surface area contributed by atoms with Crippen LogP contribution in [0.2, 0.25) is 0 Å². The number of esters is 1. The molecular formula is C9H14ClN3O3S. The molecule has 0 spiro atoms. The first-order chi connectivity index (χ1) is 7.67. The molecule has 0 bridgehead atoms. The molecule has 0 unspecified atom stereocenters. The van der Waals surface area contributed by atoms with E-state index >= 15 is 0 Å². The van der Waals surface area contributed by atoms with Crippen LogP contribution in [0.5, 0.6) is 0 Å². The van der Waals surface area contributed by atoms with Crippen molar-refractivity contribution in [2.75, 3.05) is 13.2 Å². The monoisotopic (exact) mass is 279 g/mol. The first kappa shape index (κ1) is 15.8. The highest BCUT2D eigenvalue weighted by molar-refractivity contribution is 7.09. The van der Waals surface area contributed by atoms with Crippen LogP contribution in [0.3, 0.4) is 0 Å². The molecule has 8 heteroatoms. The van der Waals surface area contributed by atoms with Gasteiger partial charge in [-0.05, 0) is 6.92 Å². The number of nitrogens with one attached hydrogen (secondary N) is 1. The first-order valence-corrected chi connectivity index (χ1v) is 5.63. The fourth-order valence-corrected chi connectivity index (χ4v) is 1.62. The van der Waals surface area contributed by atoms with Crippen LogP contribution in [-0.4, -0.2) is 30.0 Å². The molecule has 3 N–H and O–H groups in total. The van der Waals surface area contributed by atoms with Crippen LogP contribution in [0.25, 0.3) is 0 Å². The highest BCUT2D eigenvalue weighted by atomic mass is 35.5. The maximum absolute atomic E-state index is 11.5. The van der Waals surface area contributed by atoms with Gasteiger partial charge >= 0.3 is 5.97 Å².